The Labute approximate surface area is 272 Å². The van der Waals surface area contributed by atoms with Crippen molar-refractivity contribution in [1.29, 1.82) is 0 Å². The van der Waals surface area contributed by atoms with Crippen molar-refractivity contribution in [3.8, 4) is 0 Å². The molecule has 2 unspecified atom stereocenters. The SMILES string of the molecule is CC.CC.CCCCC(CC)CN1C(=O)c2cc(Cl)c3c4c(c(Cl)c(Cl)c(c24)C1=O)C(=O)N(CC(CC)CCCC)C3=O. The zero-order valence-electron chi connectivity index (χ0n) is 27.0. The van der Waals surface area contributed by atoms with Crippen LogP contribution in [-0.2, 0) is 0 Å². The fraction of sp³-hybridized carbons (Fsp3) is 0.588. The van der Waals surface area contributed by atoms with E-state index < -0.39 is 23.6 Å². The van der Waals surface area contributed by atoms with Crippen LogP contribution in [0.2, 0.25) is 15.1 Å². The number of nitrogens with zero attached hydrogens (tertiary/aromatic N) is 2. The minimum atomic E-state index is -0.581. The van der Waals surface area contributed by atoms with E-state index in [4.69, 9.17) is 34.8 Å². The minimum absolute atomic E-state index is 0.0209. The number of hydrogen-bond acceptors (Lipinski definition) is 4. The van der Waals surface area contributed by atoms with Gasteiger partial charge in [-0.2, -0.15) is 0 Å². The molecule has 6 nitrogen and oxygen atoms in total. The van der Waals surface area contributed by atoms with E-state index in [-0.39, 0.29) is 73.0 Å². The zero-order chi connectivity index (χ0) is 32.6. The van der Waals surface area contributed by atoms with Crippen LogP contribution in [0.5, 0.6) is 0 Å². The van der Waals surface area contributed by atoms with Crippen LogP contribution >= 0.6 is 34.8 Å². The highest BCUT2D eigenvalue weighted by atomic mass is 35.5. The molecule has 0 saturated carbocycles. The summed E-state index contributed by atoms with van der Waals surface area (Å²) in [6.07, 6.45) is 7.37. The van der Waals surface area contributed by atoms with Crippen LogP contribution in [0.25, 0.3) is 10.8 Å². The van der Waals surface area contributed by atoms with Gasteiger partial charge in [-0.15, -0.1) is 0 Å². The summed E-state index contributed by atoms with van der Waals surface area (Å²) >= 11 is 20.1. The molecule has 43 heavy (non-hydrogen) atoms. The molecule has 4 rings (SSSR count). The van der Waals surface area contributed by atoms with Gasteiger partial charge < -0.3 is 0 Å². The molecule has 0 bridgehead atoms. The van der Waals surface area contributed by atoms with Crippen LogP contribution in [-0.4, -0.2) is 46.5 Å². The molecule has 2 aliphatic rings. The van der Waals surface area contributed by atoms with Crippen LogP contribution in [0.4, 0.5) is 0 Å². The Morgan fingerprint density at radius 1 is 0.605 bits per heavy atom. The summed E-state index contributed by atoms with van der Waals surface area (Å²) < 4.78 is 0. The van der Waals surface area contributed by atoms with E-state index >= 15 is 0 Å². The maximum absolute atomic E-state index is 13.8. The zero-order valence-corrected chi connectivity index (χ0v) is 29.2. The maximum atomic E-state index is 13.8. The molecule has 2 aromatic rings. The second-order valence-electron chi connectivity index (χ2n) is 10.7. The van der Waals surface area contributed by atoms with E-state index in [0.717, 1.165) is 51.4 Å². The number of carbonyl (C=O) groups excluding carboxylic acids is 4. The summed E-state index contributed by atoms with van der Waals surface area (Å²) in [5.74, 6) is -1.95. The van der Waals surface area contributed by atoms with Gasteiger partial charge in [0, 0.05) is 23.9 Å². The molecule has 0 saturated heterocycles. The Balaban J connectivity index is 0.00000155. The van der Waals surface area contributed by atoms with Gasteiger partial charge in [0.25, 0.3) is 23.6 Å². The highest BCUT2D eigenvalue weighted by Gasteiger charge is 2.44. The molecule has 2 aliphatic heterocycles. The number of benzene rings is 2. The van der Waals surface area contributed by atoms with Crippen molar-refractivity contribution in [2.24, 2.45) is 11.8 Å². The third-order valence-electron chi connectivity index (χ3n) is 8.23. The molecule has 0 radical (unpaired) electrons. The van der Waals surface area contributed by atoms with Gasteiger partial charge >= 0.3 is 0 Å². The predicted octanol–water partition coefficient (Wildman–Crippen LogP) is 10.5. The molecule has 0 spiro atoms. The predicted molar refractivity (Wildman–Crippen MR) is 179 cm³/mol. The summed E-state index contributed by atoms with van der Waals surface area (Å²) in [5.41, 5.74) is 0.301. The molecule has 2 aromatic carbocycles. The van der Waals surface area contributed by atoms with Crippen LogP contribution in [0.1, 0.15) is 148 Å². The molecule has 0 aliphatic carbocycles. The largest absolute Gasteiger partial charge is 0.274 e. The van der Waals surface area contributed by atoms with Gasteiger partial charge in [0.05, 0.1) is 37.3 Å². The molecule has 9 heteroatoms. The number of rotatable bonds is 12. The lowest BCUT2D eigenvalue weighted by Gasteiger charge is -2.35. The van der Waals surface area contributed by atoms with E-state index in [2.05, 4.69) is 13.8 Å². The van der Waals surface area contributed by atoms with E-state index in [9.17, 15) is 19.2 Å². The summed E-state index contributed by atoms with van der Waals surface area (Å²) in [7, 11) is 0. The standard InChI is InChI=1S/C30H35Cl3N2O4.2C2H6/c1-5-9-11-16(7-3)14-34-27(36)18-13-19(31)21-22-20(18)23(29(34)38)25(32)26(33)24(22)30(39)35(28(21)37)15-17(8-4)12-10-6-2;2*1-2/h13,16-17H,5-12,14-15H2,1-4H3;2*1-2H3. The molecule has 238 valence electrons. The van der Waals surface area contributed by atoms with Gasteiger partial charge in [0.1, 0.15) is 0 Å². The van der Waals surface area contributed by atoms with Crippen molar-refractivity contribution >= 4 is 69.2 Å². The maximum Gasteiger partial charge on any atom is 0.262 e. The molecule has 2 atom stereocenters. The summed E-state index contributed by atoms with van der Waals surface area (Å²) in [4.78, 5) is 57.5. The average Bonchev–Trinajstić information content (AvgIpc) is 3.02. The fourth-order valence-electron chi connectivity index (χ4n) is 5.80. The van der Waals surface area contributed by atoms with E-state index in [1.54, 1.807) is 0 Å². The quantitative estimate of drug-likeness (QED) is 0.214. The number of carbonyl (C=O) groups is 4. The third-order valence-corrected chi connectivity index (χ3v) is 9.38. The van der Waals surface area contributed by atoms with Crippen molar-refractivity contribution in [3.63, 3.8) is 0 Å². The van der Waals surface area contributed by atoms with Gasteiger partial charge in [0.2, 0.25) is 0 Å². The van der Waals surface area contributed by atoms with Crippen LogP contribution in [0.15, 0.2) is 6.07 Å². The normalized spacial score (nSPS) is 15.2. The van der Waals surface area contributed by atoms with Crippen molar-refractivity contribution in [2.75, 3.05) is 13.1 Å². The minimum Gasteiger partial charge on any atom is -0.274 e. The number of hydrogen-bond donors (Lipinski definition) is 0. The second-order valence-corrected chi connectivity index (χ2v) is 11.8. The Bertz CT molecular complexity index is 1360. The lowest BCUT2D eigenvalue weighted by molar-refractivity contribution is 0.0559. The third kappa shape index (κ3) is 7.07. The lowest BCUT2D eigenvalue weighted by Crippen LogP contribution is -2.46. The monoisotopic (exact) mass is 652 g/mol. The number of halogens is 3. The van der Waals surface area contributed by atoms with Crippen molar-refractivity contribution in [1.82, 2.24) is 9.80 Å². The molecule has 0 fully saturated rings. The second kappa shape index (κ2) is 16.8. The topological polar surface area (TPSA) is 74.8 Å². The van der Waals surface area contributed by atoms with Gasteiger partial charge in [-0.3, -0.25) is 29.0 Å². The van der Waals surface area contributed by atoms with Crippen LogP contribution < -0.4 is 0 Å². The highest BCUT2D eigenvalue weighted by Crippen LogP contribution is 2.47. The van der Waals surface area contributed by atoms with Crippen molar-refractivity contribution in [2.45, 2.75) is 107 Å². The number of amides is 4. The lowest BCUT2D eigenvalue weighted by atomic mass is 9.84. The Hall–Kier alpha value is -2.15. The Morgan fingerprint density at radius 2 is 1.00 bits per heavy atom. The summed E-state index contributed by atoms with van der Waals surface area (Å²) in [6, 6.07) is 1.44. The van der Waals surface area contributed by atoms with Gasteiger partial charge in [-0.1, -0.05) is 129 Å². The number of unbranched alkanes of at least 4 members (excludes halogenated alkanes) is 2. The van der Waals surface area contributed by atoms with Gasteiger partial charge in [0.15, 0.2) is 0 Å². The first kappa shape index (κ1) is 37.0. The van der Waals surface area contributed by atoms with Gasteiger partial charge in [-0.05, 0) is 30.7 Å². The molecule has 2 heterocycles. The first-order valence-corrected chi connectivity index (χ1v) is 17.1. The molecule has 0 N–H and O–H groups in total. The van der Waals surface area contributed by atoms with Crippen LogP contribution in [0.3, 0.4) is 0 Å². The molecular formula is C34H47Cl3N2O4. The fourth-order valence-corrected chi connectivity index (χ4v) is 6.62. The van der Waals surface area contributed by atoms with E-state index in [1.807, 2.05) is 41.5 Å². The molecule has 4 amide bonds. The highest BCUT2D eigenvalue weighted by molar-refractivity contribution is 6.51. The average molecular weight is 654 g/mol. The Kier molecular flexibility index (Phi) is 14.5. The van der Waals surface area contributed by atoms with E-state index in [0.29, 0.717) is 0 Å². The first-order chi connectivity index (χ1) is 20.6. The smallest absolute Gasteiger partial charge is 0.262 e. The Morgan fingerprint density at radius 3 is 1.42 bits per heavy atom. The first-order valence-electron chi connectivity index (χ1n) is 16.0. The molecule has 0 aromatic heterocycles. The van der Waals surface area contributed by atoms with E-state index in [1.165, 1.54) is 15.9 Å². The van der Waals surface area contributed by atoms with Gasteiger partial charge in [-0.25, -0.2) is 0 Å². The van der Waals surface area contributed by atoms with Crippen LogP contribution in [0, 0.1) is 11.8 Å². The van der Waals surface area contributed by atoms with Crippen molar-refractivity contribution < 1.29 is 19.2 Å². The number of imide groups is 2. The summed E-state index contributed by atoms with van der Waals surface area (Å²) in [5, 5.41) is 0.199. The summed E-state index contributed by atoms with van der Waals surface area (Å²) in [6.45, 7) is 16.7. The van der Waals surface area contributed by atoms with Crippen molar-refractivity contribution in [3.05, 3.63) is 43.4 Å². The molecular weight excluding hydrogens is 607 g/mol.